The van der Waals surface area contributed by atoms with Gasteiger partial charge in [0, 0.05) is 0 Å². The SMILES string of the molecule is C[C@@H](OC[C@]1(c2ccccc2)NC(=O)N[C@@H]1O)c1cc(C(F)(F)F)cc(C(F)(F)F)c1.C[C@@H](OC[C@]1(c2ccccc2)NC(=O)N[C@H]1O)c1cc(C(F)(F)F)cc(C(F)(F)F)c1. The molecule has 0 bridgehead atoms. The fraction of sp³-hybridized carbons (Fsp3) is 0.350. The second kappa shape index (κ2) is 17.7. The topological polar surface area (TPSA) is 141 Å². The fourth-order valence-electron chi connectivity index (χ4n) is 6.57. The van der Waals surface area contributed by atoms with E-state index in [0.29, 0.717) is 35.4 Å². The molecule has 0 spiro atoms. The number of ether oxygens (including phenoxy) is 2. The van der Waals surface area contributed by atoms with Crippen LogP contribution in [0.15, 0.2) is 97.1 Å². The number of rotatable bonds is 10. The van der Waals surface area contributed by atoms with Crippen LogP contribution in [0, 0.1) is 0 Å². The van der Waals surface area contributed by atoms with Crippen LogP contribution in [0.2, 0.25) is 0 Å². The average Bonchev–Trinajstić information content (AvgIpc) is 3.67. The first-order valence-electron chi connectivity index (χ1n) is 18.1. The molecule has 0 unspecified atom stereocenters. The van der Waals surface area contributed by atoms with Crippen LogP contribution < -0.4 is 21.3 Å². The minimum absolute atomic E-state index is 0.0343. The van der Waals surface area contributed by atoms with Gasteiger partial charge in [-0.25, -0.2) is 9.59 Å². The third kappa shape index (κ3) is 10.7. The zero-order valence-corrected chi connectivity index (χ0v) is 32.0. The number of hydrogen-bond acceptors (Lipinski definition) is 6. The average molecular weight is 897 g/mol. The summed E-state index contributed by atoms with van der Waals surface area (Å²) in [6.45, 7) is 1.72. The highest BCUT2D eigenvalue weighted by molar-refractivity contribution is 5.79. The molecule has 4 aromatic rings. The lowest BCUT2D eigenvalue weighted by Gasteiger charge is -2.33. The number of nitrogens with one attached hydrogen (secondary N) is 4. The van der Waals surface area contributed by atoms with Crippen molar-refractivity contribution in [2.75, 3.05) is 13.2 Å². The summed E-state index contributed by atoms with van der Waals surface area (Å²) in [6.07, 6.45) is -25.3. The quantitative estimate of drug-likeness (QED) is 0.0882. The normalized spacial score (nSPS) is 22.7. The minimum Gasteiger partial charge on any atom is -0.371 e. The molecule has 0 aliphatic carbocycles. The Morgan fingerprint density at radius 3 is 1.02 bits per heavy atom. The highest BCUT2D eigenvalue weighted by Crippen LogP contribution is 2.41. The summed E-state index contributed by atoms with van der Waals surface area (Å²) < 4.78 is 168. The summed E-state index contributed by atoms with van der Waals surface area (Å²) in [4.78, 5) is 23.6. The van der Waals surface area contributed by atoms with Gasteiger partial charge in [-0.1, -0.05) is 60.7 Å². The van der Waals surface area contributed by atoms with Gasteiger partial charge >= 0.3 is 36.8 Å². The van der Waals surface area contributed by atoms with Crippen LogP contribution >= 0.6 is 0 Å². The van der Waals surface area contributed by atoms with Gasteiger partial charge in [0.2, 0.25) is 0 Å². The first-order chi connectivity index (χ1) is 28.7. The number of aliphatic hydroxyl groups is 2. The van der Waals surface area contributed by atoms with Gasteiger partial charge in [0.05, 0.1) is 47.7 Å². The monoisotopic (exact) mass is 896 g/mol. The highest BCUT2D eigenvalue weighted by Gasteiger charge is 2.49. The van der Waals surface area contributed by atoms with E-state index in [2.05, 4.69) is 21.3 Å². The molecule has 2 fully saturated rings. The standard InChI is InChI=1S/2C20H18F6N2O3/c2*1-11(12-7-14(19(21,22)23)9-15(8-12)20(24,25)26)31-10-18(13-5-3-2-4-6-13)16(29)27-17(30)28-18/h2*2-9,11,16,29H,10H2,1H3,(H2,27,28,30)/t11-,16+,18-;11-,16-,18-/m11/s1. The lowest BCUT2D eigenvalue weighted by atomic mass is 9.90. The Kier molecular flexibility index (Phi) is 13.5. The lowest BCUT2D eigenvalue weighted by Crippen LogP contribution is -2.50. The molecule has 6 rings (SSSR count). The third-order valence-corrected chi connectivity index (χ3v) is 10.0. The molecule has 4 aromatic carbocycles. The minimum atomic E-state index is -4.99. The number of alkyl halides is 12. The van der Waals surface area contributed by atoms with Crippen molar-refractivity contribution >= 4 is 12.1 Å². The van der Waals surface area contributed by atoms with Crippen LogP contribution in [0.3, 0.4) is 0 Å². The summed E-state index contributed by atoms with van der Waals surface area (Å²) in [7, 11) is 0. The second-order valence-electron chi connectivity index (χ2n) is 14.3. The van der Waals surface area contributed by atoms with E-state index in [1.807, 2.05) is 0 Å². The van der Waals surface area contributed by atoms with Gasteiger partial charge in [-0.05, 0) is 72.5 Å². The summed E-state index contributed by atoms with van der Waals surface area (Å²) in [5, 5.41) is 30.3. The van der Waals surface area contributed by atoms with Crippen molar-refractivity contribution in [2.45, 2.75) is 74.3 Å². The van der Waals surface area contributed by atoms with Crippen molar-refractivity contribution in [3.8, 4) is 0 Å². The summed E-state index contributed by atoms with van der Waals surface area (Å²) in [5.41, 5.74) is -8.62. The number of amides is 4. The Bertz CT molecular complexity index is 1990. The van der Waals surface area contributed by atoms with Gasteiger partial charge in [-0.3, -0.25) is 0 Å². The summed E-state index contributed by atoms with van der Waals surface area (Å²) >= 11 is 0. The lowest BCUT2D eigenvalue weighted by molar-refractivity contribution is -0.145. The van der Waals surface area contributed by atoms with Crippen molar-refractivity contribution < 1.29 is 82.0 Å². The molecule has 2 aliphatic rings. The van der Waals surface area contributed by atoms with E-state index >= 15 is 0 Å². The molecular weight excluding hydrogens is 860 g/mol. The van der Waals surface area contributed by atoms with Crippen LogP contribution in [0.1, 0.15) is 70.6 Å². The molecule has 62 heavy (non-hydrogen) atoms. The molecule has 6 N–H and O–H groups in total. The first kappa shape index (κ1) is 47.5. The molecule has 6 atom stereocenters. The van der Waals surface area contributed by atoms with Crippen LogP contribution in [-0.2, 0) is 45.3 Å². The van der Waals surface area contributed by atoms with Crippen molar-refractivity contribution in [2.24, 2.45) is 0 Å². The van der Waals surface area contributed by atoms with Gasteiger partial charge in [-0.15, -0.1) is 0 Å². The molecule has 0 radical (unpaired) electrons. The Balaban J connectivity index is 0.000000234. The maximum Gasteiger partial charge on any atom is 0.416 e. The van der Waals surface area contributed by atoms with Crippen LogP contribution in [0.5, 0.6) is 0 Å². The zero-order valence-electron chi connectivity index (χ0n) is 32.0. The van der Waals surface area contributed by atoms with Gasteiger partial charge in [0.25, 0.3) is 0 Å². The molecule has 2 heterocycles. The van der Waals surface area contributed by atoms with Gasteiger partial charge in [-0.2, -0.15) is 52.7 Å². The van der Waals surface area contributed by atoms with E-state index in [4.69, 9.17) is 9.47 Å². The number of carbonyl (C=O) groups excluding carboxylic acids is 2. The molecular formula is C40H36F12N4O6. The maximum absolute atomic E-state index is 13.1. The second-order valence-corrected chi connectivity index (χ2v) is 14.3. The van der Waals surface area contributed by atoms with Gasteiger partial charge < -0.3 is 41.0 Å². The summed E-state index contributed by atoms with van der Waals surface area (Å²) in [5.74, 6) is 0. The predicted octanol–water partition coefficient (Wildman–Crippen LogP) is 8.66. The van der Waals surface area contributed by atoms with Crippen LogP contribution in [-0.4, -0.2) is 47.9 Å². The number of halogens is 12. The molecule has 22 heteroatoms. The molecule has 4 amide bonds. The van der Waals surface area contributed by atoms with E-state index in [-0.39, 0.29) is 23.3 Å². The zero-order chi connectivity index (χ0) is 46.1. The number of hydrogen-bond donors (Lipinski definition) is 6. The molecule has 2 aliphatic heterocycles. The molecule has 10 nitrogen and oxygen atoms in total. The van der Waals surface area contributed by atoms with E-state index in [1.165, 1.54) is 13.8 Å². The van der Waals surface area contributed by atoms with E-state index in [9.17, 15) is 72.5 Å². The third-order valence-electron chi connectivity index (χ3n) is 10.0. The van der Waals surface area contributed by atoms with E-state index < -0.39 is 108 Å². The molecule has 0 saturated carbocycles. The molecule has 336 valence electrons. The number of aliphatic hydroxyl groups excluding tert-OH is 2. The van der Waals surface area contributed by atoms with Crippen molar-refractivity contribution in [1.82, 2.24) is 21.3 Å². The number of carbonyl (C=O) groups is 2. The Morgan fingerprint density at radius 1 is 0.516 bits per heavy atom. The van der Waals surface area contributed by atoms with Crippen molar-refractivity contribution in [3.05, 3.63) is 142 Å². The number of urea groups is 2. The Labute approximate surface area is 344 Å². The highest BCUT2D eigenvalue weighted by atomic mass is 19.4. The fourth-order valence-corrected chi connectivity index (χ4v) is 6.57. The van der Waals surface area contributed by atoms with E-state index in [0.717, 1.165) is 0 Å². The largest absolute Gasteiger partial charge is 0.416 e. The van der Waals surface area contributed by atoms with E-state index in [1.54, 1.807) is 60.7 Å². The summed E-state index contributed by atoms with van der Waals surface area (Å²) in [6, 6.07) is 17.3. The van der Waals surface area contributed by atoms with Crippen LogP contribution in [0.25, 0.3) is 0 Å². The van der Waals surface area contributed by atoms with Gasteiger partial charge in [0.1, 0.15) is 11.1 Å². The van der Waals surface area contributed by atoms with Crippen molar-refractivity contribution in [3.63, 3.8) is 0 Å². The maximum atomic E-state index is 13.1. The predicted molar refractivity (Wildman–Crippen MR) is 193 cm³/mol. The Hall–Kier alpha value is -5.58. The smallest absolute Gasteiger partial charge is 0.371 e. The first-order valence-corrected chi connectivity index (χ1v) is 18.1. The van der Waals surface area contributed by atoms with Gasteiger partial charge in [0.15, 0.2) is 12.5 Å². The molecule has 2 saturated heterocycles. The number of benzene rings is 4. The van der Waals surface area contributed by atoms with Crippen molar-refractivity contribution in [1.29, 1.82) is 0 Å². The Morgan fingerprint density at radius 2 is 0.790 bits per heavy atom. The molecule has 0 aromatic heterocycles. The van der Waals surface area contributed by atoms with Crippen LogP contribution in [0.4, 0.5) is 62.3 Å².